The zero-order chi connectivity index (χ0) is 13.1. The Hall–Kier alpha value is -0.570. The lowest BCUT2D eigenvalue weighted by Crippen LogP contribution is -2.50. The van der Waals surface area contributed by atoms with Crippen molar-refractivity contribution >= 4 is 5.91 Å². The molecule has 1 aliphatic heterocycles. The maximum atomic E-state index is 12.5. The zero-order valence-electron chi connectivity index (χ0n) is 12.0. The van der Waals surface area contributed by atoms with Gasteiger partial charge in [0, 0.05) is 12.6 Å². The molecule has 1 fully saturated rings. The van der Waals surface area contributed by atoms with Crippen molar-refractivity contribution in [3.8, 4) is 0 Å². The molecule has 100 valence electrons. The fraction of sp³-hybridized carbons (Fsp3) is 0.929. The molecule has 0 aromatic rings. The molecule has 0 radical (unpaired) electrons. The average molecular weight is 240 g/mol. The summed E-state index contributed by atoms with van der Waals surface area (Å²) in [6.45, 7) is 12.6. The zero-order valence-corrected chi connectivity index (χ0v) is 12.0. The molecule has 0 bridgehead atoms. The Morgan fingerprint density at radius 2 is 2.00 bits per heavy atom. The van der Waals surface area contributed by atoms with E-state index < -0.39 is 0 Å². The monoisotopic (exact) mass is 240 g/mol. The molecule has 1 saturated heterocycles. The van der Waals surface area contributed by atoms with Crippen LogP contribution in [0.1, 0.15) is 47.5 Å². The first-order chi connectivity index (χ1) is 7.94. The van der Waals surface area contributed by atoms with Gasteiger partial charge in [-0.1, -0.05) is 34.1 Å². The van der Waals surface area contributed by atoms with Gasteiger partial charge in [-0.25, -0.2) is 0 Å². The highest BCUT2D eigenvalue weighted by Gasteiger charge is 2.44. The number of amides is 1. The van der Waals surface area contributed by atoms with Gasteiger partial charge in [0.05, 0.1) is 5.41 Å². The largest absolute Gasteiger partial charge is 0.353 e. The van der Waals surface area contributed by atoms with E-state index in [9.17, 15) is 4.79 Å². The molecular formula is C14H28N2O. The van der Waals surface area contributed by atoms with Crippen molar-refractivity contribution in [3.63, 3.8) is 0 Å². The molecule has 0 aliphatic carbocycles. The number of carbonyl (C=O) groups is 1. The summed E-state index contributed by atoms with van der Waals surface area (Å²) in [5, 5.41) is 6.55. The van der Waals surface area contributed by atoms with Crippen molar-refractivity contribution in [2.24, 2.45) is 17.3 Å². The van der Waals surface area contributed by atoms with E-state index in [1.54, 1.807) is 0 Å². The first-order valence-electron chi connectivity index (χ1n) is 6.95. The predicted molar refractivity (Wildman–Crippen MR) is 71.8 cm³/mol. The predicted octanol–water partition coefficient (Wildman–Crippen LogP) is 2.17. The number of nitrogens with one attached hydrogen (secondary N) is 2. The third-order valence-corrected chi connectivity index (χ3v) is 4.60. The van der Waals surface area contributed by atoms with Crippen LogP contribution in [0.2, 0.25) is 0 Å². The Labute approximate surface area is 106 Å². The summed E-state index contributed by atoms with van der Waals surface area (Å²) in [6.07, 6.45) is 2.07. The Balaban J connectivity index is 2.67. The van der Waals surface area contributed by atoms with Gasteiger partial charge in [0.25, 0.3) is 0 Å². The second-order valence-electron chi connectivity index (χ2n) is 5.89. The Morgan fingerprint density at radius 1 is 1.35 bits per heavy atom. The van der Waals surface area contributed by atoms with E-state index in [-0.39, 0.29) is 17.4 Å². The molecular weight excluding hydrogens is 212 g/mol. The van der Waals surface area contributed by atoms with Crippen molar-refractivity contribution in [1.29, 1.82) is 0 Å². The molecule has 0 spiro atoms. The van der Waals surface area contributed by atoms with Gasteiger partial charge in [-0.2, -0.15) is 0 Å². The lowest BCUT2D eigenvalue weighted by Gasteiger charge is -2.33. The summed E-state index contributed by atoms with van der Waals surface area (Å²) < 4.78 is 0. The third kappa shape index (κ3) is 3.01. The molecule has 0 aromatic carbocycles. The molecule has 1 aliphatic rings. The summed E-state index contributed by atoms with van der Waals surface area (Å²) in [4.78, 5) is 12.5. The van der Waals surface area contributed by atoms with E-state index in [4.69, 9.17) is 0 Å². The average Bonchev–Trinajstić information content (AvgIpc) is 2.77. The van der Waals surface area contributed by atoms with Crippen LogP contribution in [0.15, 0.2) is 0 Å². The van der Waals surface area contributed by atoms with Gasteiger partial charge in [0.15, 0.2) is 0 Å². The van der Waals surface area contributed by atoms with Gasteiger partial charge in [-0.15, -0.1) is 0 Å². The second-order valence-corrected chi connectivity index (χ2v) is 5.89. The number of carbonyl (C=O) groups excluding carboxylic acids is 1. The topological polar surface area (TPSA) is 41.1 Å². The normalized spacial score (nSPS) is 28.1. The summed E-state index contributed by atoms with van der Waals surface area (Å²) in [5.74, 6) is 1.17. The number of hydrogen-bond acceptors (Lipinski definition) is 2. The number of hydrogen-bond donors (Lipinski definition) is 2. The van der Waals surface area contributed by atoms with Gasteiger partial charge in [-0.05, 0) is 31.7 Å². The first-order valence-corrected chi connectivity index (χ1v) is 6.95. The van der Waals surface area contributed by atoms with Gasteiger partial charge < -0.3 is 10.6 Å². The highest BCUT2D eigenvalue weighted by atomic mass is 16.2. The Bertz CT molecular complexity index is 257. The van der Waals surface area contributed by atoms with E-state index in [2.05, 4.69) is 45.3 Å². The van der Waals surface area contributed by atoms with Crippen molar-refractivity contribution < 1.29 is 4.79 Å². The molecule has 0 aromatic heterocycles. The summed E-state index contributed by atoms with van der Waals surface area (Å²) in [5.41, 5.74) is -0.193. The molecule has 3 heteroatoms. The summed E-state index contributed by atoms with van der Waals surface area (Å²) in [7, 11) is 0. The fourth-order valence-corrected chi connectivity index (χ4v) is 2.51. The minimum atomic E-state index is -0.193. The molecule has 2 N–H and O–H groups in total. The van der Waals surface area contributed by atoms with E-state index in [0.717, 1.165) is 25.9 Å². The van der Waals surface area contributed by atoms with Crippen molar-refractivity contribution in [3.05, 3.63) is 0 Å². The highest BCUT2D eigenvalue weighted by molar-refractivity contribution is 5.83. The van der Waals surface area contributed by atoms with Crippen LogP contribution in [0.25, 0.3) is 0 Å². The second kappa shape index (κ2) is 5.85. The maximum absolute atomic E-state index is 12.5. The minimum Gasteiger partial charge on any atom is -0.353 e. The van der Waals surface area contributed by atoms with Crippen molar-refractivity contribution in [2.45, 2.75) is 53.5 Å². The molecule has 3 unspecified atom stereocenters. The van der Waals surface area contributed by atoms with Crippen LogP contribution in [0.3, 0.4) is 0 Å². The summed E-state index contributed by atoms with van der Waals surface area (Å²) >= 11 is 0. The van der Waals surface area contributed by atoms with Gasteiger partial charge >= 0.3 is 0 Å². The SMILES string of the molecule is CCC(C)C(C)NC(=O)C1(C(C)C)CCNC1. The van der Waals surface area contributed by atoms with Crippen molar-refractivity contribution in [2.75, 3.05) is 13.1 Å². The van der Waals surface area contributed by atoms with Crippen LogP contribution in [-0.2, 0) is 4.79 Å². The van der Waals surface area contributed by atoms with E-state index in [0.29, 0.717) is 11.8 Å². The quantitative estimate of drug-likeness (QED) is 0.773. The standard InChI is InChI=1S/C14H28N2O/c1-6-11(4)12(5)16-13(17)14(10(2)3)7-8-15-9-14/h10-12,15H,6-9H2,1-5H3,(H,16,17). The van der Waals surface area contributed by atoms with E-state index in [1.165, 1.54) is 0 Å². The highest BCUT2D eigenvalue weighted by Crippen LogP contribution is 2.34. The fourth-order valence-electron chi connectivity index (χ4n) is 2.51. The molecule has 0 saturated carbocycles. The van der Waals surface area contributed by atoms with Crippen LogP contribution in [0.4, 0.5) is 0 Å². The third-order valence-electron chi connectivity index (χ3n) is 4.60. The van der Waals surface area contributed by atoms with Crippen molar-refractivity contribution in [1.82, 2.24) is 10.6 Å². The van der Waals surface area contributed by atoms with E-state index >= 15 is 0 Å². The van der Waals surface area contributed by atoms with Crippen LogP contribution in [-0.4, -0.2) is 25.0 Å². The Kier molecular flexibility index (Phi) is 4.99. The van der Waals surface area contributed by atoms with Crippen LogP contribution >= 0.6 is 0 Å². The first kappa shape index (κ1) is 14.5. The van der Waals surface area contributed by atoms with Gasteiger partial charge in [0.2, 0.25) is 5.91 Å². The van der Waals surface area contributed by atoms with Gasteiger partial charge in [-0.3, -0.25) is 4.79 Å². The molecule has 3 atom stereocenters. The maximum Gasteiger partial charge on any atom is 0.228 e. The molecule has 1 rings (SSSR count). The van der Waals surface area contributed by atoms with Crippen LogP contribution < -0.4 is 10.6 Å². The van der Waals surface area contributed by atoms with Crippen LogP contribution in [0, 0.1) is 17.3 Å². The smallest absolute Gasteiger partial charge is 0.228 e. The van der Waals surface area contributed by atoms with Crippen LogP contribution in [0.5, 0.6) is 0 Å². The number of rotatable bonds is 5. The lowest BCUT2D eigenvalue weighted by molar-refractivity contribution is -0.133. The Morgan fingerprint density at radius 3 is 2.41 bits per heavy atom. The van der Waals surface area contributed by atoms with Gasteiger partial charge in [0.1, 0.15) is 0 Å². The minimum absolute atomic E-state index is 0.193. The molecule has 3 nitrogen and oxygen atoms in total. The lowest BCUT2D eigenvalue weighted by atomic mass is 9.75. The molecule has 1 amide bonds. The molecule has 1 heterocycles. The van der Waals surface area contributed by atoms with E-state index in [1.807, 2.05) is 0 Å². The summed E-state index contributed by atoms with van der Waals surface area (Å²) in [6, 6.07) is 0.267. The molecule has 17 heavy (non-hydrogen) atoms.